The van der Waals surface area contributed by atoms with Gasteiger partial charge in [-0.15, -0.1) is 0 Å². The van der Waals surface area contributed by atoms with E-state index in [1.165, 1.54) is 16.7 Å². The maximum Gasteiger partial charge on any atom is 0.115 e. The largest absolute Gasteiger partial charge is 0.508 e. The van der Waals surface area contributed by atoms with Gasteiger partial charge in [-0.3, -0.25) is 0 Å². The summed E-state index contributed by atoms with van der Waals surface area (Å²) in [4.78, 5) is 0. The summed E-state index contributed by atoms with van der Waals surface area (Å²) in [5, 5.41) is 9.70. The lowest BCUT2D eigenvalue weighted by molar-refractivity contribution is 0.467. The van der Waals surface area contributed by atoms with Crippen LogP contribution in [-0.2, 0) is 6.42 Å². The van der Waals surface area contributed by atoms with Crippen LogP contribution in [0.2, 0.25) is 0 Å². The summed E-state index contributed by atoms with van der Waals surface area (Å²) in [5.41, 5.74) is 10.0. The summed E-state index contributed by atoms with van der Waals surface area (Å²) in [7, 11) is 0. The van der Waals surface area contributed by atoms with Crippen molar-refractivity contribution in [3.8, 4) is 5.75 Å². The van der Waals surface area contributed by atoms with Crippen molar-refractivity contribution in [2.75, 3.05) is 0 Å². The molecule has 0 fully saturated rings. The second kappa shape index (κ2) is 4.46. The quantitative estimate of drug-likeness (QED) is 0.803. The van der Waals surface area contributed by atoms with Gasteiger partial charge in [0, 0.05) is 12.0 Å². The number of fused-ring (bicyclic) bond motifs is 1. The van der Waals surface area contributed by atoms with Crippen LogP contribution >= 0.6 is 0 Å². The standard InChI is InChI=1S/C16H17NO/c17-15-9-7-11-6-8-13(18)10-14(11)16(15)12-4-2-1-3-5-12/h1-6,8,10,15-16,18H,7,9,17H2. The van der Waals surface area contributed by atoms with Crippen molar-refractivity contribution >= 4 is 0 Å². The van der Waals surface area contributed by atoms with E-state index in [2.05, 4.69) is 12.1 Å². The lowest BCUT2D eigenvalue weighted by Gasteiger charge is -2.31. The Morgan fingerprint density at radius 2 is 1.83 bits per heavy atom. The number of aromatic hydroxyl groups is 1. The molecule has 92 valence electrons. The molecule has 0 saturated heterocycles. The van der Waals surface area contributed by atoms with Crippen molar-refractivity contribution in [1.82, 2.24) is 0 Å². The fourth-order valence-corrected chi connectivity index (χ4v) is 2.91. The molecule has 0 amide bonds. The van der Waals surface area contributed by atoms with E-state index in [-0.39, 0.29) is 12.0 Å². The average Bonchev–Trinajstić information content (AvgIpc) is 2.39. The molecule has 2 aromatic carbocycles. The summed E-state index contributed by atoms with van der Waals surface area (Å²) in [6.07, 6.45) is 2.00. The van der Waals surface area contributed by atoms with Gasteiger partial charge in [-0.2, -0.15) is 0 Å². The minimum Gasteiger partial charge on any atom is -0.508 e. The lowest BCUT2D eigenvalue weighted by Crippen LogP contribution is -2.33. The second-order valence-corrected chi connectivity index (χ2v) is 4.97. The molecule has 3 N–H and O–H groups in total. The first-order valence-electron chi connectivity index (χ1n) is 6.38. The zero-order valence-electron chi connectivity index (χ0n) is 10.2. The summed E-state index contributed by atoms with van der Waals surface area (Å²) >= 11 is 0. The minimum absolute atomic E-state index is 0.127. The highest BCUT2D eigenvalue weighted by Crippen LogP contribution is 2.37. The van der Waals surface area contributed by atoms with Gasteiger partial charge in [-0.25, -0.2) is 0 Å². The fraction of sp³-hybridized carbons (Fsp3) is 0.250. The molecule has 0 bridgehead atoms. The van der Waals surface area contributed by atoms with Gasteiger partial charge in [0.05, 0.1) is 0 Å². The van der Waals surface area contributed by atoms with Crippen molar-refractivity contribution in [3.63, 3.8) is 0 Å². The van der Waals surface area contributed by atoms with Gasteiger partial charge in [-0.05, 0) is 41.7 Å². The molecular weight excluding hydrogens is 222 g/mol. The Morgan fingerprint density at radius 3 is 2.61 bits per heavy atom. The van der Waals surface area contributed by atoms with Crippen LogP contribution < -0.4 is 5.73 Å². The van der Waals surface area contributed by atoms with Crippen LogP contribution in [0.3, 0.4) is 0 Å². The Hall–Kier alpha value is -1.80. The highest BCUT2D eigenvalue weighted by atomic mass is 16.3. The molecule has 2 aromatic rings. The van der Waals surface area contributed by atoms with Crippen molar-refractivity contribution in [2.45, 2.75) is 24.8 Å². The Labute approximate surface area is 107 Å². The van der Waals surface area contributed by atoms with E-state index in [1.807, 2.05) is 30.3 Å². The molecule has 2 unspecified atom stereocenters. The summed E-state index contributed by atoms with van der Waals surface area (Å²) in [5.74, 6) is 0.519. The molecule has 0 spiro atoms. The summed E-state index contributed by atoms with van der Waals surface area (Å²) in [6, 6.07) is 16.1. The third kappa shape index (κ3) is 1.89. The van der Waals surface area contributed by atoms with Gasteiger partial charge < -0.3 is 10.8 Å². The van der Waals surface area contributed by atoms with Crippen LogP contribution in [0.15, 0.2) is 48.5 Å². The molecule has 0 heterocycles. The molecule has 0 aliphatic heterocycles. The molecule has 1 aliphatic rings. The van der Waals surface area contributed by atoms with E-state index in [0.717, 1.165) is 12.8 Å². The van der Waals surface area contributed by atoms with Gasteiger partial charge in [0.1, 0.15) is 5.75 Å². The molecule has 3 rings (SSSR count). The normalized spacial score (nSPS) is 22.5. The van der Waals surface area contributed by atoms with Crippen molar-refractivity contribution in [2.24, 2.45) is 5.73 Å². The maximum absolute atomic E-state index is 9.70. The van der Waals surface area contributed by atoms with Crippen LogP contribution in [-0.4, -0.2) is 11.1 Å². The number of rotatable bonds is 1. The van der Waals surface area contributed by atoms with E-state index in [9.17, 15) is 5.11 Å². The van der Waals surface area contributed by atoms with Gasteiger partial charge in [0.25, 0.3) is 0 Å². The van der Waals surface area contributed by atoms with Crippen LogP contribution in [0, 0.1) is 0 Å². The zero-order chi connectivity index (χ0) is 12.5. The van der Waals surface area contributed by atoms with Crippen LogP contribution in [0.25, 0.3) is 0 Å². The smallest absolute Gasteiger partial charge is 0.115 e. The van der Waals surface area contributed by atoms with Gasteiger partial charge in [0.2, 0.25) is 0 Å². The highest BCUT2D eigenvalue weighted by molar-refractivity contribution is 5.45. The molecule has 18 heavy (non-hydrogen) atoms. The highest BCUT2D eigenvalue weighted by Gasteiger charge is 2.28. The molecule has 2 atom stereocenters. The number of hydrogen-bond acceptors (Lipinski definition) is 2. The molecule has 0 radical (unpaired) electrons. The van der Waals surface area contributed by atoms with E-state index in [1.54, 1.807) is 6.07 Å². The first-order valence-corrected chi connectivity index (χ1v) is 6.38. The van der Waals surface area contributed by atoms with Crippen LogP contribution in [0.1, 0.15) is 29.0 Å². The van der Waals surface area contributed by atoms with E-state index in [0.29, 0.717) is 5.75 Å². The number of benzene rings is 2. The topological polar surface area (TPSA) is 46.2 Å². The molecule has 0 saturated carbocycles. The fourth-order valence-electron chi connectivity index (χ4n) is 2.91. The average molecular weight is 239 g/mol. The maximum atomic E-state index is 9.70. The Balaban J connectivity index is 2.12. The van der Waals surface area contributed by atoms with Gasteiger partial charge in [-0.1, -0.05) is 36.4 Å². The molecule has 2 nitrogen and oxygen atoms in total. The molecule has 0 aromatic heterocycles. The van der Waals surface area contributed by atoms with Crippen molar-refractivity contribution in [1.29, 1.82) is 0 Å². The zero-order valence-corrected chi connectivity index (χ0v) is 10.2. The predicted molar refractivity (Wildman–Crippen MR) is 72.7 cm³/mol. The number of nitrogens with two attached hydrogens (primary N) is 1. The van der Waals surface area contributed by atoms with Crippen LogP contribution in [0.5, 0.6) is 5.75 Å². The minimum atomic E-state index is 0.127. The lowest BCUT2D eigenvalue weighted by atomic mass is 9.76. The Kier molecular flexibility index (Phi) is 2.80. The second-order valence-electron chi connectivity index (χ2n) is 4.97. The first-order chi connectivity index (χ1) is 8.75. The first kappa shape index (κ1) is 11.3. The Morgan fingerprint density at radius 1 is 1.06 bits per heavy atom. The number of hydrogen-bond donors (Lipinski definition) is 2. The number of aryl methyl sites for hydroxylation is 1. The number of phenolic OH excluding ortho intramolecular Hbond substituents is 1. The third-order valence-electron chi connectivity index (χ3n) is 3.80. The van der Waals surface area contributed by atoms with E-state index in [4.69, 9.17) is 5.73 Å². The van der Waals surface area contributed by atoms with E-state index < -0.39 is 0 Å². The Bertz CT molecular complexity index is 550. The van der Waals surface area contributed by atoms with Crippen molar-refractivity contribution < 1.29 is 5.11 Å². The predicted octanol–water partition coefficient (Wildman–Crippen LogP) is 2.80. The molecule has 1 aliphatic carbocycles. The number of phenols is 1. The van der Waals surface area contributed by atoms with Crippen molar-refractivity contribution in [3.05, 3.63) is 65.2 Å². The monoisotopic (exact) mass is 239 g/mol. The van der Waals surface area contributed by atoms with Crippen LogP contribution in [0.4, 0.5) is 0 Å². The summed E-state index contributed by atoms with van der Waals surface area (Å²) < 4.78 is 0. The van der Waals surface area contributed by atoms with Gasteiger partial charge in [0.15, 0.2) is 0 Å². The molecule has 2 heteroatoms. The van der Waals surface area contributed by atoms with Gasteiger partial charge >= 0.3 is 0 Å². The molecular formula is C16H17NO. The van der Waals surface area contributed by atoms with E-state index >= 15 is 0 Å². The third-order valence-corrected chi connectivity index (χ3v) is 3.80. The SMILES string of the molecule is NC1CCc2ccc(O)cc2C1c1ccccc1. The summed E-state index contributed by atoms with van der Waals surface area (Å²) in [6.45, 7) is 0.